The number of hydrogen-bond donors (Lipinski definition) is 2. The number of carbonyl (C=O) groups excluding carboxylic acids is 1. The highest BCUT2D eigenvalue weighted by molar-refractivity contribution is 8.01. The molecule has 0 aliphatic carbocycles. The molecule has 0 atom stereocenters. The summed E-state index contributed by atoms with van der Waals surface area (Å²) in [7, 11) is 1.63. The highest BCUT2D eigenvalue weighted by Gasteiger charge is 2.10. The molecular formula is C21H18N4O2S2. The molecule has 6 nitrogen and oxygen atoms in total. The monoisotopic (exact) mass is 422 g/mol. The van der Waals surface area contributed by atoms with Crippen molar-refractivity contribution in [3.05, 3.63) is 66.7 Å². The van der Waals surface area contributed by atoms with E-state index >= 15 is 0 Å². The second kappa shape index (κ2) is 8.93. The van der Waals surface area contributed by atoms with Gasteiger partial charge in [0.25, 0.3) is 0 Å². The Kier molecular flexibility index (Phi) is 5.92. The van der Waals surface area contributed by atoms with Gasteiger partial charge in [0.15, 0.2) is 4.34 Å². The summed E-state index contributed by atoms with van der Waals surface area (Å²) in [4.78, 5) is 12.4. The lowest BCUT2D eigenvalue weighted by molar-refractivity contribution is -0.113. The van der Waals surface area contributed by atoms with E-state index in [1.54, 1.807) is 7.11 Å². The van der Waals surface area contributed by atoms with Gasteiger partial charge in [-0.3, -0.25) is 4.79 Å². The van der Waals surface area contributed by atoms with E-state index in [2.05, 4.69) is 20.8 Å². The van der Waals surface area contributed by atoms with Gasteiger partial charge in [-0.05, 0) is 35.7 Å². The fourth-order valence-corrected chi connectivity index (χ4v) is 4.34. The fourth-order valence-electron chi connectivity index (χ4n) is 2.76. The first-order chi connectivity index (χ1) is 14.2. The fraction of sp³-hybridized carbons (Fsp3) is 0.0952. The molecule has 2 N–H and O–H groups in total. The predicted octanol–water partition coefficient (Wildman–Crippen LogP) is 5.17. The van der Waals surface area contributed by atoms with Crippen LogP contribution in [-0.4, -0.2) is 29.0 Å². The van der Waals surface area contributed by atoms with Crippen LogP contribution in [0.1, 0.15) is 0 Å². The van der Waals surface area contributed by atoms with E-state index in [1.807, 2.05) is 66.7 Å². The lowest BCUT2D eigenvalue weighted by atomic mass is 10.1. The summed E-state index contributed by atoms with van der Waals surface area (Å²) in [6, 6.07) is 21.4. The Morgan fingerprint density at radius 2 is 1.83 bits per heavy atom. The number of hydrogen-bond acceptors (Lipinski definition) is 7. The zero-order chi connectivity index (χ0) is 20.1. The van der Waals surface area contributed by atoms with Gasteiger partial charge in [0.2, 0.25) is 11.0 Å². The zero-order valence-corrected chi connectivity index (χ0v) is 17.2. The molecular weight excluding hydrogens is 404 g/mol. The number of amides is 1. The second-order valence-corrected chi connectivity index (χ2v) is 8.29. The van der Waals surface area contributed by atoms with Crippen molar-refractivity contribution in [3.63, 3.8) is 0 Å². The molecule has 4 aromatic rings. The molecule has 0 unspecified atom stereocenters. The summed E-state index contributed by atoms with van der Waals surface area (Å²) < 4.78 is 5.88. The van der Waals surface area contributed by atoms with E-state index in [4.69, 9.17) is 4.74 Å². The van der Waals surface area contributed by atoms with Crippen molar-refractivity contribution in [1.82, 2.24) is 10.2 Å². The van der Waals surface area contributed by atoms with Crippen LogP contribution in [0.25, 0.3) is 10.8 Å². The largest absolute Gasteiger partial charge is 0.497 e. The van der Waals surface area contributed by atoms with Gasteiger partial charge in [0, 0.05) is 16.8 Å². The lowest BCUT2D eigenvalue weighted by Crippen LogP contribution is -2.14. The summed E-state index contributed by atoms with van der Waals surface area (Å²) >= 11 is 2.77. The SMILES string of the molecule is COc1ccc(Nc2nnc(SCC(=O)Nc3cccc4ccccc34)s2)cc1. The van der Waals surface area contributed by atoms with Gasteiger partial charge in [-0.1, -0.05) is 59.5 Å². The van der Waals surface area contributed by atoms with E-state index in [0.29, 0.717) is 5.13 Å². The second-order valence-electron chi connectivity index (χ2n) is 6.09. The third kappa shape index (κ3) is 4.85. The molecule has 0 bridgehead atoms. The summed E-state index contributed by atoms with van der Waals surface area (Å²) in [5, 5.41) is 17.2. The topological polar surface area (TPSA) is 76.1 Å². The van der Waals surface area contributed by atoms with Gasteiger partial charge in [-0.25, -0.2) is 0 Å². The van der Waals surface area contributed by atoms with Gasteiger partial charge in [0.1, 0.15) is 5.75 Å². The first-order valence-electron chi connectivity index (χ1n) is 8.86. The Morgan fingerprint density at radius 3 is 2.66 bits per heavy atom. The molecule has 1 heterocycles. The van der Waals surface area contributed by atoms with E-state index in [-0.39, 0.29) is 11.7 Å². The van der Waals surface area contributed by atoms with Gasteiger partial charge in [0.05, 0.1) is 12.9 Å². The Bertz CT molecular complexity index is 1120. The maximum Gasteiger partial charge on any atom is 0.234 e. The van der Waals surface area contributed by atoms with Crippen LogP contribution in [0.2, 0.25) is 0 Å². The molecule has 0 aliphatic heterocycles. The van der Waals surface area contributed by atoms with E-state index in [1.165, 1.54) is 23.1 Å². The minimum absolute atomic E-state index is 0.0776. The van der Waals surface area contributed by atoms with Crippen molar-refractivity contribution in [2.75, 3.05) is 23.5 Å². The highest BCUT2D eigenvalue weighted by Crippen LogP contribution is 2.29. The molecule has 0 radical (unpaired) electrons. The lowest BCUT2D eigenvalue weighted by Gasteiger charge is -2.08. The average molecular weight is 423 g/mol. The van der Waals surface area contributed by atoms with Crippen LogP contribution in [0, 0.1) is 0 Å². The number of anilines is 3. The number of benzene rings is 3. The van der Waals surface area contributed by atoms with Crippen molar-refractivity contribution in [3.8, 4) is 5.75 Å². The summed E-state index contributed by atoms with van der Waals surface area (Å²) in [6.45, 7) is 0. The summed E-state index contributed by atoms with van der Waals surface area (Å²) in [5.41, 5.74) is 1.71. The number of methoxy groups -OCH3 is 1. The Morgan fingerprint density at radius 1 is 1.03 bits per heavy atom. The predicted molar refractivity (Wildman–Crippen MR) is 119 cm³/mol. The maximum atomic E-state index is 12.4. The third-order valence-electron chi connectivity index (χ3n) is 4.14. The average Bonchev–Trinajstić information content (AvgIpc) is 3.20. The number of carbonyl (C=O) groups is 1. The van der Waals surface area contributed by atoms with Crippen molar-refractivity contribution in [2.45, 2.75) is 4.34 Å². The molecule has 0 spiro atoms. The molecule has 3 aromatic carbocycles. The van der Waals surface area contributed by atoms with Crippen LogP contribution in [0.4, 0.5) is 16.5 Å². The van der Waals surface area contributed by atoms with Gasteiger partial charge >= 0.3 is 0 Å². The van der Waals surface area contributed by atoms with E-state index in [9.17, 15) is 4.79 Å². The highest BCUT2D eigenvalue weighted by atomic mass is 32.2. The van der Waals surface area contributed by atoms with Crippen molar-refractivity contribution < 1.29 is 9.53 Å². The molecule has 8 heteroatoms. The summed E-state index contributed by atoms with van der Waals surface area (Å²) in [5.74, 6) is 0.980. The smallest absolute Gasteiger partial charge is 0.234 e. The van der Waals surface area contributed by atoms with Crippen LogP contribution in [-0.2, 0) is 4.79 Å². The molecule has 0 aliphatic rings. The van der Waals surface area contributed by atoms with Gasteiger partial charge in [-0.15, -0.1) is 10.2 Å². The maximum absolute atomic E-state index is 12.4. The molecule has 0 saturated carbocycles. The minimum atomic E-state index is -0.0776. The quantitative estimate of drug-likeness (QED) is 0.400. The van der Waals surface area contributed by atoms with Crippen LogP contribution in [0.5, 0.6) is 5.75 Å². The van der Waals surface area contributed by atoms with Crippen LogP contribution in [0.3, 0.4) is 0 Å². The molecule has 29 heavy (non-hydrogen) atoms. The standard InChI is InChI=1S/C21H18N4O2S2/c1-27-16-11-9-15(10-12-16)22-20-24-25-21(29-20)28-13-19(26)23-18-8-4-6-14-5-2-3-7-17(14)18/h2-12H,13H2,1H3,(H,22,24)(H,23,26). The number of ether oxygens (including phenoxy) is 1. The Labute approximate surface area is 176 Å². The van der Waals surface area contributed by atoms with Crippen molar-refractivity contribution in [2.24, 2.45) is 0 Å². The van der Waals surface area contributed by atoms with Gasteiger partial charge < -0.3 is 15.4 Å². The Balaban J connectivity index is 1.33. The number of thioether (sulfide) groups is 1. The molecule has 0 saturated heterocycles. The zero-order valence-electron chi connectivity index (χ0n) is 15.6. The molecule has 1 aromatic heterocycles. The summed E-state index contributed by atoms with van der Waals surface area (Å²) in [6.07, 6.45) is 0. The minimum Gasteiger partial charge on any atom is -0.497 e. The number of rotatable bonds is 7. The van der Waals surface area contributed by atoms with E-state index in [0.717, 1.165) is 32.2 Å². The van der Waals surface area contributed by atoms with Crippen LogP contribution in [0.15, 0.2) is 71.1 Å². The Hall–Kier alpha value is -3.10. The first kappa shape index (κ1) is 19.2. The molecule has 1 amide bonds. The van der Waals surface area contributed by atoms with Crippen LogP contribution >= 0.6 is 23.1 Å². The normalized spacial score (nSPS) is 10.7. The van der Waals surface area contributed by atoms with E-state index < -0.39 is 0 Å². The van der Waals surface area contributed by atoms with Crippen LogP contribution < -0.4 is 15.4 Å². The third-order valence-corrected chi connectivity index (χ3v) is 6.11. The molecule has 4 rings (SSSR count). The number of nitrogens with one attached hydrogen (secondary N) is 2. The molecule has 146 valence electrons. The van der Waals surface area contributed by atoms with Crippen molar-refractivity contribution in [1.29, 1.82) is 0 Å². The first-order valence-corrected chi connectivity index (χ1v) is 10.7. The number of nitrogens with zero attached hydrogens (tertiary/aromatic N) is 2. The van der Waals surface area contributed by atoms with Crippen molar-refractivity contribution >= 4 is 56.3 Å². The number of aromatic nitrogens is 2. The number of fused-ring (bicyclic) bond motifs is 1. The van der Waals surface area contributed by atoms with Gasteiger partial charge in [-0.2, -0.15) is 0 Å². The molecule has 0 fully saturated rings.